The van der Waals surface area contributed by atoms with E-state index in [1.807, 2.05) is 44.2 Å². The first-order valence-corrected chi connectivity index (χ1v) is 6.33. The molecule has 2 rings (SSSR count). The number of anilines is 1. The molecule has 0 saturated heterocycles. The Morgan fingerprint density at radius 3 is 2.53 bits per heavy atom. The Balaban J connectivity index is 2.17. The summed E-state index contributed by atoms with van der Waals surface area (Å²) in [5.41, 5.74) is 3.01. The van der Waals surface area contributed by atoms with Crippen molar-refractivity contribution in [2.45, 2.75) is 20.8 Å². The van der Waals surface area contributed by atoms with Gasteiger partial charge in [0.05, 0.1) is 5.00 Å². The van der Waals surface area contributed by atoms with Crippen LogP contribution in [0.1, 0.15) is 26.4 Å². The molecule has 1 heterocycles. The summed E-state index contributed by atoms with van der Waals surface area (Å²) in [6.07, 6.45) is 0. The number of aryl methyl sites for hydroxylation is 3. The van der Waals surface area contributed by atoms with Crippen LogP contribution >= 0.6 is 11.3 Å². The van der Waals surface area contributed by atoms with Crippen molar-refractivity contribution in [3.8, 4) is 0 Å². The van der Waals surface area contributed by atoms with E-state index >= 15 is 0 Å². The summed E-state index contributed by atoms with van der Waals surface area (Å²) in [6.45, 7) is 6.09. The molecule has 1 aromatic carbocycles. The van der Waals surface area contributed by atoms with E-state index in [4.69, 9.17) is 0 Å². The molecule has 0 atom stereocenters. The van der Waals surface area contributed by atoms with Crippen molar-refractivity contribution in [3.05, 3.63) is 51.9 Å². The van der Waals surface area contributed by atoms with Gasteiger partial charge in [-0.15, -0.1) is 11.3 Å². The van der Waals surface area contributed by atoms with Crippen molar-refractivity contribution < 1.29 is 4.79 Å². The molecule has 0 bridgehead atoms. The van der Waals surface area contributed by atoms with Gasteiger partial charge in [0.15, 0.2) is 0 Å². The Kier molecular flexibility index (Phi) is 3.29. The number of nitrogens with one attached hydrogen (secondary N) is 1. The smallest absolute Gasteiger partial charge is 0.256 e. The first-order chi connectivity index (χ1) is 8.06. The van der Waals surface area contributed by atoms with Crippen molar-refractivity contribution in [2.24, 2.45) is 0 Å². The van der Waals surface area contributed by atoms with Crippen molar-refractivity contribution in [1.82, 2.24) is 0 Å². The van der Waals surface area contributed by atoms with E-state index in [1.54, 1.807) is 11.3 Å². The molecule has 17 heavy (non-hydrogen) atoms. The lowest BCUT2D eigenvalue weighted by molar-refractivity contribution is 0.102. The molecule has 0 fully saturated rings. The summed E-state index contributed by atoms with van der Waals surface area (Å²) in [5.74, 6) is -0.0463. The summed E-state index contributed by atoms with van der Waals surface area (Å²) in [4.78, 5) is 13.2. The van der Waals surface area contributed by atoms with Gasteiger partial charge >= 0.3 is 0 Å². The molecule has 2 aromatic rings. The predicted octanol–water partition coefficient (Wildman–Crippen LogP) is 3.93. The highest BCUT2D eigenvalue weighted by atomic mass is 32.1. The molecule has 3 heteroatoms. The van der Waals surface area contributed by atoms with Crippen LogP contribution in [0.3, 0.4) is 0 Å². The minimum absolute atomic E-state index is 0.0463. The highest BCUT2D eigenvalue weighted by Gasteiger charge is 2.08. The molecule has 0 aliphatic carbocycles. The third-order valence-electron chi connectivity index (χ3n) is 2.68. The molecule has 0 unspecified atom stereocenters. The van der Waals surface area contributed by atoms with Crippen molar-refractivity contribution in [3.63, 3.8) is 0 Å². The molecule has 0 radical (unpaired) electrons. The van der Waals surface area contributed by atoms with E-state index in [2.05, 4.69) is 12.2 Å². The van der Waals surface area contributed by atoms with Crippen LogP contribution in [0.25, 0.3) is 0 Å². The summed E-state index contributed by atoms with van der Waals surface area (Å²) in [5, 5.41) is 3.84. The second kappa shape index (κ2) is 4.72. The van der Waals surface area contributed by atoms with E-state index < -0.39 is 0 Å². The molecule has 88 valence electrons. The van der Waals surface area contributed by atoms with Crippen LogP contribution in [0, 0.1) is 20.8 Å². The second-order valence-corrected chi connectivity index (χ2v) is 5.43. The molecular weight excluding hydrogens is 230 g/mol. The third-order valence-corrected chi connectivity index (χ3v) is 3.75. The van der Waals surface area contributed by atoms with Crippen LogP contribution in [-0.2, 0) is 0 Å². The highest BCUT2D eigenvalue weighted by molar-refractivity contribution is 7.16. The topological polar surface area (TPSA) is 29.1 Å². The Morgan fingerprint density at radius 2 is 1.94 bits per heavy atom. The van der Waals surface area contributed by atoms with Crippen molar-refractivity contribution in [1.29, 1.82) is 0 Å². The average Bonchev–Trinajstić information content (AvgIpc) is 2.58. The van der Waals surface area contributed by atoms with E-state index in [1.165, 1.54) is 10.4 Å². The quantitative estimate of drug-likeness (QED) is 0.853. The maximum atomic E-state index is 12.0. The molecule has 0 spiro atoms. The van der Waals surface area contributed by atoms with Gasteiger partial charge in [-0.05, 0) is 44.5 Å². The maximum absolute atomic E-state index is 12.0. The number of thiophene rings is 1. The fourth-order valence-corrected chi connectivity index (χ4v) is 2.53. The minimum atomic E-state index is -0.0463. The van der Waals surface area contributed by atoms with Gasteiger partial charge in [-0.3, -0.25) is 4.79 Å². The minimum Gasteiger partial charge on any atom is -0.314 e. The number of hydrogen-bond donors (Lipinski definition) is 1. The first kappa shape index (κ1) is 11.9. The largest absolute Gasteiger partial charge is 0.314 e. The number of hydrogen-bond acceptors (Lipinski definition) is 2. The van der Waals surface area contributed by atoms with Gasteiger partial charge in [-0.1, -0.05) is 17.7 Å². The molecule has 0 aliphatic rings. The zero-order valence-corrected chi connectivity index (χ0v) is 11.0. The number of amides is 1. The lowest BCUT2D eigenvalue weighted by Gasteiger charge is -2.03. The fraction of sp³-hybridized carbons (Fsp3) is 0.214. The van der Waals surface area contributed by atoms with Gasteiger partial charge in [-0.25, -0.2) is 0 Å². The second-order valence-electron chi connectivity index (χ2n) is 4.17. The highest BCUT2D eigenvalue weighted by Crippen LogP contribution is 2.25. The summed E-state index contributed by atoms with van der Waals surface area (Å²) in [6, 6.07) is 9.61. The first-order valence-electron chi connectivity index (χ1n) is 5.51. The Morgan fingerprint density at radius 1 is 1.18 bits per heavy atom. The van der Waals surface area contributed by atoms with Gasteiger partial charge in [0.2, 0.25) is 0 Å². The van der Waals surface area contributed by atoms with Gasteiger partial charge in [-0.2, -0.15) is 0 Å². The Bertz CT molecular complexity index is 538. The molecule has 1 N–H and O–H groups in total. The molecule has 1 amide bonds. The molecule has 0 saturated carbocycles. The van der Waals surface area contributed by atoms with Crippen LogP contribution in [0.15, 0.2) is 30.3 Å². The average molecular weight is 245 g/mol. The van der Waals surface area contributed by atoms with Crippen molar-refractivity contribution >= 4 is 22.2 Å². The fourth-order valence-electron chi connectivity index (χ4n) is 1.61. The van der Waals surface area contributed by atoms with Gasteiger partial charge in [0.1, 0.15) is 0 Å². The summed E-state index contributed by atoms with van der Waals surface area (Å²) in [7, 11) is 0. The SMILES string of the molecule is Cc1cccc(C(=O)Nc2cc(C)c(C)s2)c1. The molecule has 2 nitrogen and oxygen atoms in total. The van der Waals surface area contributed by atoms with Gasteiger partial charge in [0.25, 0.3) is 5.91 Å². The number of carbonyl (C=O) groups excluding carboxylic acids is 1. The predicted molar refractivity (Wildman–Crippen MR) is 72.9 cm³/mol. The van der Waals surface area contributed by atoms with Crippen molar-refractivity contribution in [2.75, 3.05) is 5.32 Å². The number of carbonyl (C=O) groups is 1. The zero-order chi connectivity index (χ0) is 12.4. The van der Waals surface area contributed by atoms with Crippen LogP contribution in [0.5, 0.6) is 0 Å². The Labute approximate surface area is 105 Å². The lowest BCUT2D eigenvalue weighted by atomic mass is 10.1. The van der Waals surface area contributed by atoms with Crippen LogP contribution in [-0.4, -0.2) is 5.91 Å². The van der Waals surface area contributed by atoms with Gasteiger partial charge < -0.3 is 5.32 Å². The van der Waals surface area contributed by atoms with Crippen LogP contribution < -0.4 is 5.32 Å². The van der Waals surface area contributed by atoms with E-state index in [9.17, 15) is 4.79 Å². The van der Waals surface area contributed by atoms with E-state index in [0.29, 0.717) is 5.56 Å². The Hall–Kier alpha value is -1.61. The monoisotopic (exact) mass is 245 g/mol. The third kappa shape index (κ3) is 2.74. The van der Waals surface area contributed by atoms with Gasteiger partial charge in [0, 0.05) is 10.4 Å². The number of rotatable bonds is 2. The van der Waals surface area contributed by atoms with E-state index in [0.717, 1.165) is 10.6 Å². The molecular formula is C14H15NOS. The van der Waals surface area contributed by atoms with E-state index in [-0.39, 0.29) is 5.91 Å². The molecule has 0 aliphatic heterocycles. The molecule has 1 aromatic heterocycles. The zero-order valence-electron chi connectivity index (χ0n) is 10.2. The van der Waals surface area contributed by atoms with Crippen LogP contribution in [0.2, 0.25) is 0 Å². The standard InChI is InChI=1S/C14H15NOS/c1-9-5-4-6-12(7-9)14(16)15-13-8-10(2)11(3)17-13/h4-8H,1-3H3,(H,15,16). The summed E-state index contributed by atoms with van der Waals surface area (Å²) < 4.78 is 0. The normalized spacial score (nSPS) is 10.3. The number of benzene rings is 1. The van der Waals surface area contributed by atoms with Crippen LogP contribution in [0.4, 0.5) is 5.00 Å². The summed E-state index contributed by atoms with van der Waals surface area (Å²) >= 11 is 1.61. The maximum Gasteiger partial charge on any atom is 0.256 e. The lowest BCUT2D eigenvalue weighted by Crippen LogP contribution is -2.10.